The van der Waals surface area contributed by atoms with E-state index in [0.717, 1.165) is 24.4 Å². The molecule has 0 aromatic carbocycles. The van der Waals surface area contributed by atoms with E-state index in [0.29, 0.717) is 6.42 Å². The van der Waals surface area contributed by atoms with E-state index < -0.39 is 0 Å². The molecule has 0 fully saturated rings. The highest BCUT2D eigenvalue weighted by Gasteiger charge is 1.97. The molecule has 0 saturated heterocycles. The lowest BCUT2D eigenvalue weighted by atomic mass is 10.3. The molecule has 0 radical (unpaired) electrons. The van der Waals surface area contributed by atoms with Gasteiger partial charge in [-0.2, -0.15) is 5.26 Å². The number of nitrogens with zero attached hydrogens (tertiary/aromatic N) is 2. The van der Waals surface area contributed by atoms with Crippen LogP contribution in [0.5, 0.6) is 0 Å². The number of aromatic nitrogens is 2. The molecule has 1 aromatic heterocycles. The summed E-state index contributed by atoms with van der Waals surface area (Å²) in [6.07, 6.45) is 4.25. The van der Waals surface area contributed by atoms with Gasteiger partial charge in [0, 0.05) is 12.6 Å². The van der Waals surface area contributed by atoms with Gasteiger partial charge >= 0.3 is 0 Å². The average molecular weight is 149 g/mol. The molecule has 0 amide bonds. The Morgan fingerprint density at radius 1 is 1.73 bits per heavy atom. The fourth-order valence-electron chi connectivity index (χ4n) is 0.941. The van der Waals surface area contributed by atoms with Crippen LogP contribution in [-0.4, -0.2) is 9.97 Å². The Bertz CT molecular complexity index is 257. The third-order valence-corrected chi connectivity index (χ3v) is 1.43. The largest absolute Gasteiger partial charge is 0.348 e. The summed E-state index contributed by atoms with van der Waals surface area (Å²) in [5.41, 5.74) is 0.843. The van der Waals surface area contributed by atoms with Crippen LogP contribution in [0.25, 0.3) is 0 Å². The SMILES string of the molecule is CCCc1nc(CC#N)c[nH]1. The predicted molar refractivity (Wildman–Crippen MR) is 41.9 cm³/mol. The van der Waals surface area contributed by atoms with Gasteiger partial charge in [-0.25, -0.2) is 4.98 Å². The molecule has 3 heteroatoms. The van der Waals surface area contributed by atoms with Gasteiger partial charge in [-0.1, -0.05) is 6.92 Å². The summed E-state index contributed by atoms with van der Waals surface area (Å²) in [7, 11) is 0. The molecule has 11 heavy (non-hydrogen) atoms. The average Bonchev–Trinajstić information content (AvgIpc) is 2.38. The van der Waals surface area contributed by atoms with E-state index in [2.05, 4.69) is 23.0 Å². The van der Waals surface area contributed by atoms with Crippen molar-refractivity contribution in [2.24, 2.45) is 0 Å². The zero-order valence-corrected chi connectivity index (χ0v) is 6.59. The standard InChI is InChI=1S/C8H11N3/c1-2-3-8-10-6-7(11-8)4-5-9/h6H,2-4H2,1H3,(H,10,11). The molecule has 0 saturated carbocycles. The molecule has 0 unspecified atom stereocenters. The molecule has 0 spiro atoms. The number of nitriles is 1. The molecule has 1 heterocycles. The monoisotopic (exact) mass is 149 g/mol. The second-order valence-corrected chi connectivity index (χ2v) is 2.42. The van der Waals surface area contributed by atoms with Crippen molar-refractivity contribution in [3.63, 3.8) is 0 Å². The first-order chi connectivity index (χ1) is 5.36. The highest BCUT2D eigenvalue weighted by atomic mass is 14.9. The number of imidazole rings is 1. The van der Waals surface area contributed by atoms with Crippen molar-refractivity contribution in [3.8, 4) is 6.07 Å². The Kier molecular flexibility index (Phi) is 2.67. The van der Waals surface area contributed by atoms with Crippen LogP contribution in [0.1, 0.15) is 24.9 Å². The second kappa shape index (κ2) is 3.77. The molecule has 0 aliphatic heterocycles. The maximum absolute atomic E-state index is 8.35. The normalized spacial score (nSPS) is 9.45. The van der Waals surface area contributed by atoms with Gasteiger partial charge in [0.2, 0.25) is 0 Å². The Labute approximate surface area is 66.1 Å². The van der Waals surface area contributed by atoms with E-state index in [1.54, 1.807) is 6.20 Å². The minimum Gasteiger partial charge on any atom is -0.348 e. The zero-order chi connectivity index (χ0) is 8.10. The van der Waals surface area contributed by atoms with Crippen molar-refractivity contribution in [1.82, 2.24) is 9.97 Å². The van der Waals surface area contributed by atoms with Gasteiger partial charge in [-0.15, -0.1) is 0 Å². The van der Waals surface area contributed by atoms with Gasteiger partial charge < -0.3 is 4.98 Å². The maximum Gasteiger partial charge on any atom is 0.106 e. The summed E-state index contributed by atoms with van der Waals surface area (Å²) < 4.78 is 0. The van der Waals surface area contributed by atoms with Gasteiger partial charge in [0.05, 0.1) is 18.2 Å². The van der Waals surface area contributed by atoms with Crippen molar-refractivity contribution in [3.05, 3.63) is 17.7 Å². The summed E-state index contributed by atoms with van der Waals surface area (Å²) in [5, 5.41) is 8.35. The lowest BCUT2D eigenvalue weighted by molar-refractivity contribution is 0.852. The van der Waals surface area contributed by atoms with Gasteiger partial charge in [0.1, 0.15) is 5.82 Å². The van der Waals surface area contributed by atoms with Crippen molar-refractivity contribution < 1.29 is 0 Å². The van der Waals surface area contributed by atoms with Crippen LogP contribution < -0.4 is 0 Å². The molecule has 0 bridgehead atoms. The van der Waals surface area contributed by atoms with Crippen LogP contribution >= 0.6 is 0 Å². The molecular formula is C8H11N3. The number of H-pyrrole nitrogens is 1. The number of aryl methyl sites for hydroxylation is 1. The summed E-state index contributed by atoms with van der Waals surface area (Å²) in [5.74, 6) is 0.984. The fraction of sp³-hybridized carbons (Fsp3) is 0.500. The lowest BCUT2D eigenvalue weighted by Gasteiger charge is -1.87. The van der Waals surface area contributed by atoms with Gasteiger partial charge in [-0.05, 0) is 6.42 Å². The number of hydrogen-bond acceptors (Lipinski definition) is 2. The second-order valence-electron chi connectivity index (χ2n) is 2.42. The molecule has 58 valence electrons. The molecular weight excluding hydrogens is 138 g/mol. The van der Waals surface area contributed by atoms with Gasteiger partial charge in [0.25, 0.3) is 0 Å². The summed E-state index contributed by atoms with van der Waals surface area (Å²) >= 11 is 0. The first kappa shape index (κ1) is 7.80. The highest BCUT2D eigenvalue weighted by Crippen LogP contribution is 1.99. The number of nitrogens with one attached hydrogen (secondary N) is 1. The van der Waals surface area contributed by atoms with Crippen LogP contribution in [0.2, 0.25) is 0 Å². The number of hydrogen-bond donors (Lipinski definition) is 1. The predicted octanol–water partition coefficient (Wildman–Crippen LogP) is 1.43. The maximum atomic E-state index is 8.35. The molecule has 3 nitrogen and oxygen atoms in total. The van der Waals surface area contributed by atoms with Crippen LogP contribution in [0, 0.1) is 11.3 Å². The topological polar surface area (TPSA) is 52.5 Å². The minimum atomic E-state index is 0.403. The first-order valence-corrected chi connectivity index (χ1v) is 3.77. The van der Waals surface area contributed by atoms with Gasteiger partial charge in [0.15, 0.2) is 0 Å². The van der Waals surface area contributed by atoms with Crippen LogP contribution in [-0.2, 0) is 12.8 Å². The molecule has 1 rings (SSSR count). The Balaban J connectivity index is 2.60. The molecule has 1 N–H and O–H groups in total. The summed E-state index contributed by atoms with van der Waals surface area (Å²) in [6, 6.07) is 2.06. The van der Waals surface area contributed by atoms with E-state index >= 15 is 0 Å². The van der Waals surface area contributed by atoms with Crippen molar-refractivity contribution >= 4 is 0 Å². The zero-order valence-electron chi connectivity index (χ0n) is 6.59. The fourth-order valence-corrected chi connectivity index (χ4v) is 0.941. The van der Waals surface area contributed by atoms with E-state index in [1.165, 1.54) is 0 Å². The molecule has 0 atom stereocenters. The van der Waals surface area contributed by atoms with E-state index in [1.807, 2.05) is 0 Å². The van der Waals surface area contributed by atoms with Crippen LogP contribution in [0.3, 0.4) is 0 Å². The smallest absolute Gasteiger partial charge is 0.106 e. The van der Waals surface area contributed by atoms with Crippen molar-refractivity contribution in [2.45, 2.75) is 26.2 Å². The Hall–Kier alpha value is -1.30. The van der Waals surface area contributed by atoms with Crippen LogP contribution in [0.15, 0.2) is 6.20 Å². The number of rotatable bonds is 3. The Morgan fingerprint density at radius 2 is 2.55 bits per heavy atom. The molecule has 0 aliphatic rings. The quantitative estimate of drug-likeness (QED) is 0.706. The summed E-state index contributed by atoms with van der Waals surface area (Å²) in [4.78, 5) is 7.24. The lowest BCUT2D eigenvalue weighted by Crippen LogP contribution is -1.86. The first-order valence-electron chi connectivity index (χ1n) is 3.77. The van der Waals surface area contributed by atoms with E-state index in [4.69, 9.17) is 5.26 Å². The highest BCUT2D eigenvalue weighted by molar-refractivity contribution is 5.06. The van der Waals surface area contributed by atoms with Gasteiger partial charge in [-0.3, -0.25) is 0 Å². The van der Waals surface area contributed by atoms with Crippen LogP contribution in [0.4, 0.5) is 0 Å². The molecule has 1 aromatic rings. The number of aromatic amines is 1. The third-order valence-electron chi connectivity index (χ3n) is 1.43. The molecule has 0 aliphatic carbocycles. The van der Waals surface area contributed by atoms with Crippen molar-refractivity contribution in [1.29, 1.82) is 5.26 Å². The minimum absolute atomic E-state index is 0.403. The third kappa shape index (κ3) is 2.08. The van der Waals surface area contributed by atoms with E-state index in [-0.39, 0.29) is 0 Å². The Morgan fingerprint density at radius 3 is 3.18 bits per heavy atom. The van der Waals surface area contributed by atoms with E-state index in [9.17, 15) is 0 Å². The van der Waals surface area contributed by atoms with Crippen molar-refractivity contribution in [2.75, 3.05) is 0 Å². The summed E-state index contributed by atoms with van der Waals surface area (Å²) in [6.45, 7) is 2.10.